The molecule has 0 spiro atoms. The Bertz CT molecular complexity index is 583. The molecule has 2 nitrogen and oxygen atoms in total. The van der Waals surface area contributed by atoms with Crippen LogP contribution >= 0.6 is 0 Å². The summed E-state index contributed by atoms with van der Waals surface area (Å²) in [7, 11) is 0. The lowest BCUT2D eigenvalue weighted by Gasteiger charge is -2.15. The van der Waals surface area contributed by atoms with E-state index in [0.29, 0.717) is 18.6 Å². The molecule has 0 heterocycles. The predicted octanol–water partition coefficient (Wildman–Crippen LogP) is 5.41. The Morgan fingerprint density at radius 1 is 1.00 bits per heavy atom. The van der Waals surface area contributed by atoms with Crippen LogP contribution < -0.4 is 4.74 Å². The number of unbranched alkanes of at least 4 members (excludes halogenated alkanes) is 3. The molecular weight excluding hydrogens is 291 g/mol. The highest BCUT2D eigenvalue weighted by molar-refractivity contribution is 5.32. The number of aliphatic hydroxyl groups is 1. The average Bonchev–Trinajstić information content (AvgIpc) is 2.58. The van der Waals surface area contributed by atoms with E-state index in [0.717, 1.165) is 31.2 Å². The van der Waals surface area contributed by atoms with Crippen molar-refractivity contribution in [3.63, 3.8) is 0 Å². The van der Waals surface area contributed by atoms with E-state index in [4.69, 9.17) is 4.74 Å². The zero-order valence-electron chi connectivity index (χ0n) is 13.7. The maximum Gasteiger partial charge on any atom is 0.170 e. The highest BCUT2D eigenvalue weighted by Gasteiger charge is 2.16. The Labute approximate surface area is 137 Å². The van der Waals surface area contributed by atoms with E-state index in [1.54, 1.807) is 18.2 Å². The molecule has 124 valence electrons. The Morgan fingerprint density at radius 3 is 2.52 bits per heavy atom. The molecule has 0 aromatic heterocycles. The van der Waals surface area contributed by atoms with Gasteiger partial charge >= 0.3 is 0 Å². The van der Waals surface area contributed by atoms with Crippen LogP contribution in [-0.4, -0.2) is 5.11 Å². The van der Waals surface area contributed by atoms with Crippen molar-refractivity contribution in [3.05, 3.63) is 65.5 Å². The Morgan fingerprint density at radius 2 is 1.78 bits per heavy atom. The molecule has 0 radical (unpaired) electrons. The summed E-state index contributed by atoms with van der Waals surface area (Å²) in [4.78, 5) is 0. The first-order chi connectivity index (χ1) is 11.2. The Kier molecular flexibility index (Phi) is 7.08. The molecule has 0 aliphatic carbocycles. The maximum atomic E-state index is 14.5. The lowest BCUT2D eigenvalue weighted by atomic mass is 10.0. The van der Waals surface area contributed by atoms with Gasteiger partial charge in [0.1, 0.15) is 6.61 Å². The van der Waals surface area contributed by atoms with Crippen LogP contribution in [0.2, 0.25) is 0 Å². The third-order valence-electron chi connectivity index (χ3n) is 3.92. The molecule has 0 amide bonds. The minimum Gasteiger partial charge on any atom is -0.486 e. The van der Waals surface area contributed by atoms with Gasteiger partial charge in [0.15, 0.2) is 11.6 Å². The summed E-state index contributed by atoms with van der Waals surface area (Å²) in [5, 5.41) is 10.2. The first kappa shape index (κ1) is 17.5. The van der Waals surface area contributed by atoms with Crippen LogP contribution in [0.3, 0.4) is 0 Å². The van der Waals surface area contributed by atoms with Crippen molar-refractivity contribution >= 4 is 0 Å². The summed E-state index contributed by atoms with van der Waals surface area (Å²) in [6.07, 6.45) is 4.08. The summed E-state index contributed by atoms with van der Waals surface area (Å²) >= 11 is 0. The zero-order valence-corrected chi connectivity index (χ0v) is 13.7. The molecule has 0 fully saturated rings. The van der Waals surface area contributed by atoms with Crippen molar-refractivity contribution in [2.24, 2.45) is 0 Å². The third kappa shape index (κ3) is 5.36. The van der Waals surface area contributed by atoms with Crippen LogP contribution in [0, 0.1) is 5.82 Å². The average molecular weight is 316 g/mol. The van der Waals surface area contributed by atoms with Gasteiger partial charge in [-0.15, -0.1) is 0 Å². The van der Waals surface area contributed by atoms with E-state index in [2.05, 4.69) is 6.92 Å². The van der Waals surface area contributed by atoms with Gasteiger partial charge in [-0.2, -0.15) is 0 Å². The summed E-state index contributed by atoms with van der Waals surface area (Å²) in [5.74, 6) is -0.259. The van der Waals surface area contributed by atoms with Crippen LogP contribution in [0.25, 0.3) is 0 Å². The van der Waals surface area contributed by atoms with Gasteiger partial charge in [0.25, 0.3) is 0 Å². The summed E-state index contributed by atoms with van der Waals surface area (Å²) in [6.45, 7) is 2.46. The molecule has 2 rings (SSSR count). The molecular formula is C20H25FO2. The Balaban J connectivity index is 1.97. The van der Waals surface area contributed by atoms with E-state index in [1.807, 2.05) is 30.3 Å². The lowest BCUT2D eigenvalue weighted by molar-refractivity contribution is 0.157. The molecule has 0 saturated heterocycles. The number of aliphatic hydroxyl groups excluding tert-OH is 1. The fraction of sp³-hybridized carbons (Fsp3) is 0.400. The van der Waals surface area contributed by atoms with Crippen LogP contribution in [0.15, 0.2) is 48.5 Å². The molecule has 2 aromatic rings. The molecule has 0 aliphatic heterocycles. The molecule has 23 heavy (non-hydrogen) atoms. The van der Waals surface area contributed by atoms with Crippen molar-refractivity contribution in [2.75, 3.05) is 0 Å². The van der Waals surface area contributed by atoms with Crippen LogP contribution in [0.1, 0.15) is 56.3 Å². The van der Waals surface area contributed by atoms with Crippen LogP contribution in [-0.2, 0) is 6.61 Å². The van der Waals surface area contributed by atoms with Gasteiger partial charge < -0.3 is 9.84 Å². The van der Waals surface area contributed by atoms with E-state index >= 15 is 0 Å². The third-order valence-corrected chi connectivity index (χ3v) is 3.92. The number of hydrogen-bond donors (Lipinski definition) is 1. The number of hydrogen-bond acceptors (Lipinski definition) is 2. The summed E-state index contributed by atoms with van der Waals surface area (Å²) in [5.41, 5.74) is 1.31. The standard InChI is InChI=1S/C20H25FO2/c1-2-3-4-8-13-18(22)17-12-9-14-19(20(17)21)23-15-16-10-6-5-7-11-16/h5-7,9-12,14,18,22H,2-4,8,13,15H2,1H3/t18-/m0/s1. The first-order valence-electron chi connectivity index (χ1n) is 8.35. The van der Waals surface area contributed by atoms with E-state index in [-0.39, 0.29) is 5.75 Å². The maximum absolute atomic E-state index is 14.5. The van der Waals surface area contributed by atoms with Crippen molar-refractivity contribution in [3.8, 4) is 5.75 Å². The van der Waals surface area contributed by atoms with Gasteiger partial charge in [-0.05, 0) is 18.1 Å². The van der Waals surface area contributed by atoms with Crippen molar-refractivity contribution in [1.29, 1.82) is 0 Å². The van der Waals surface area contributed by atoms with E-state index in [9.17, 15) is 9.50 Å². The minimum atomic E-state index is -0.771. The second-order valence-electron chi connectivity index (χ2n) is 5.80. The minimum absolute atomic E-state index is 0.193. The molecule has 2 aromatic carbocycles. The van der Waals surface area contributed by atoms with Gasteiger partial charge in [-0.25, -0.2) is 4.39 Å². The van der Waals surface area contributed by atoms with Crippen LogP contribution in [0.5, 0.6) is 5.75 Å². The summed E-state index contributed by atoms with van der Waals surface area (Å²) < 4.78 is 20.1. The number of halogens is 1. The fourth-order valence-corrected chi connectivity index (χ4v) is 2.55. The molecule has 0 aliphatic rings. The molecule has 0 saturated carbocycles. The topological polar surface area (TPSA) is 29.5 Å². The largest absolute Gasteiger partial charge is 0.486 e. The van der Waals surface area contributed by atoms with Crippen molar-refractivity contribution < 1.29 is 14.2 Å². The highest BCUT2D eigenvalue weighted by atomic mass is 19.1. The predicted molar refractivity (Wildman–Crippen MR) is 90.9 cm³/mol. The lowest BCUT2D eigenvalue weighted by Crippen LogP contribution is -2.04. The van der Waals surface area contributed by atoms with Gasteiger partial charge in [-0.3, -0.25) is 0 Å². The SMILES string of the molecule is CCCCCC[C@H](O)c1cccc(OCc2ccccc2)c1F. The highest BCUT2D eigenvalue weighted by Crippen LogP contribution is 2.28. The van der Waals surface area contributed by atoms with E-state index < -0.39 is 11.9 Å². The van der Waals surface area contributed by atoms with E-state index in [1.165, 1.54) is 0 Å². The second-order valence-corrected chi connectivity index (χ2v) is 5.80. The monoisotopic (exact) mass is 316 g/mol. The number of ether oxygens (including phenoxy) is 1. The van der Waals surface area contributed by atoms with Crippen molar-refractivity contribution in [2.45, 2.75) is 51.7 Å². The molecule has 1 N–H and O–H groups in total. The fourth-order valence-electron chi connectivity index (χ4n) is 2.55. The number of benzene rings is 2. The normalized spacial score (nSPS) is 12.1. The number of rotatable bonds is 9. The second kappa shape index (κ2) is 9.31. The molecule has 0 bridgehead atoms. The van der Waals surface area contributed by atoms with Crippen molar-refractivity contribution in [1.82, 2.24) is 0 Å². The molecule has 1 atom stereocenters. The van der Waals surface area contributed by atoms with Crippen LogP contribution in [0.4, 0.5) is 4.39 Å². The quantitative estimate of drug-likeness (QED) is 0.627. The van der Waals surface area contributed by atoms with Gasteiger partial charge in [-0.1, -0.05) is 75.1 Å². The Hall–Kier alpha value is -1.87. The molecule has 3 heteroatoms. The summed E-state index contributed by atoms with van der Waals surface area (Å²) in [6, 6.07) is 14.6. The first-order valence-corrected chi connectivity index (χ1v) is 8.35. The van der Waals surface area contributed by atoms with Gasteiger partial charge in [0, 0.05) is 5.56 Å². The molecule has 0 unspecified atom stereocenters. The smallest absolute Gasteiger partial charge is 0.170 e. The van der Waals surface area contributed by atoms with Gasteiger partial charge in [0.2, 0.25) is 0 Å². The van der Waals surface area contributed by atoms with Gasteiger partial charge in [0.05, 0.1) is 6.10 Å². The zero-order chi connectivity index (χ0) is 16.5.